The fourth-order valence-corrected chi connectivity index (χ4v) is 2.80. The molecule has 0 bridgehead atoms. The smallest absolute Gasteiger partial charge is 0.237 e. The van der Waals surface area contributed by atoms with Crippen LogP contribution in [0.1, 0.15) is 12.5 Å². The second-order valence-electron chi connectivity index (χ2n) is 4.95. The Labute approximate surface area is 134 Å². The fourth-order valence-electron chi connectivity index (χ4n) is 1.94. The number of methoxy groups -OCH3 is 1. The molecule has 4 nitrogen and oxygen atoms in total. The minimum Gasteiger partial charge on any atom is -0.508 e. The number of rotatable bonds is 5. The molecule has 1 unspecified atom stereocenters. The van der Waals surface area contributed by atoms with E-state index in [9.17, 15) is 9.90 Å². The van der Waals surface area contributed by atoms with Crippen LogP contribution in [0.25, 0.3) is 0 Å². The van der Waals surface area contributed by atoms with Gasteiger partial charge in [-0.2, -0.15) is 0 Å². The molecule has 22 heavy (non-hydrogen) atoms. The van der Waals surface area contributed by atoms with Crippen molar-refractivity contribution in [2.45, 2.75) is 24.0 Å². The molecule has 0 aromatic heterocycles. The van der Waals surface area contributed by atoms with Gasteiger partial charge < -0.3 is 15.2 Å². The minimum absolute atomic E-state index is 0.0954. The number of anilines is 1. The first kappa shape index (κ1) is 16.2. The number of ether oxygens (including phenoxy) is 1. The van der Waals surface area contributed by atoms with Gasteiger partial charge in [-0.3, -0.25) is 4.79 Å². The van der Waals surface area contributed by atoms with Gasteiger partial charge in [-0.25, -0.2) is 0 Å². The average Bonchev–Trinajstić information content (AvgIpc) is 2.49. The third-order valence-corrected chi connectivity index (χ3v) is 4.24. The highest BCUT2D eigenvalue weighted by atomic mass is 32.2. The predicted octanol–water partition coefficient (Wildman–Crippen LogP) is 3.83. The minimum atomic E-state index is -0.269. The Hall–Kier alpha value is -2.14. The SMILES string of the molecule is COc1ccc(C)cc1NC(=O)C(C)Sc1ccc(O)cc1. The van der Waals surface area contributed by atoms with Gasteiger partial charge >= 0.3 is 0 Å². The molecule has 2 N–H and O–H groups in total. The zero-order chi connectivity index (χ0) is 16.1. The maximum atomic E-state index is 12.3. The normalized spacial score (nSPS) is 11.8. The van der Waals surface area contributed by atoms with Gasteiger partial charge in [0, 0.05) is 4.90 Å². The molecule has 5 heteroatoms. The number of benzene rings is 2. The number of nitrogens with one attached hydrogen (secondary N) is 1. The molecule has 2 aromatic rings. The van der Waals surface area contributed by atoms with Crippen LogP contribution in [-0.2, 0) is 4.79 Å². The molecular formula is C17H19NO3S. The molecule has 0 aliphatic heterocycles. The Morgan fingerprint density at radius 3 is 2.55 bits per heavy atom. The lowest BCUT2D eigenvalue weighted by molar-refractivity contribution is -0.115. The highest BCUT2D eigenvalue weighted by Crippen LogP contribution is 2.28. The van der Waals surface area contributed by atoms with Gasteiger partial charge in [0.2, 0.25) is 5.91 Å². The predicted molar refractivity (Wildman–Crippen MR) is 89.8 cm³/mol. The van der Waals surface area contributed by atoms with Crippen molar-refractivity contribution in [3.63, 3.8) is 0 Å². The third-order valence-electron chi connectivity index (χ3n) is 3.13. The summed E-state index contributed by atoms with van der Waals surface area (Å²) in [6.45, 7) is 3.80. The summed E-state index contributed by atoms with van der Waals surface area (Å²) in [6, 6.07) is 12.4. The van der Waals surface area contributed by atoms with E-state index in [4.69, 9.17) is 4.74 Å². The van der Waals surface area contributed by atoms with Gasteiger partial charge in [0.05, 0.1) is 18.0 Å². The molecule has 116 valence electrons. The van der Waals surface area contributed by atoms with Crippen LogP contribution in [0.5, 0.6) is 11.5 Å². The van der Waals surface area contributed by atoms with Crippen molar-refractivity contribution in [1.82, 2.24) is 0 Å². The van der Waals surface area contributed by atoms with Crippen LogP contribution in [0.15, 0.2) is 47.4 Å². The van der Waals surface area contributed by atoms with E-state index in [-0.39, 0.29) is 16.9 Å². The first-order valence-electron chi connectivity index (χ1n) is 6.91. The van der Waals surface area contributed by atoms with E-state index < -0.39 is 0 Å². The second kappa shape index (κ2) is 7.22. The van der Waals surface area contributed by atoms with Crippen molar-refractivity contribution < 1.29 is 14.6 Å². The van der Waals surface area contributed by atoms with Gasteiger partial charge in [0.25, 0.3) is 0 Å². The molecule has 0 saturated heterocycles. The maximum absolute atomic E-state index is 12.3. The summed E-state index contributed by atoms with van der Waals surface area (Å²) in [5.74, 6) is 0.758. The van der Waals surface area contributed by atoms with E-state index in [1.807, 2.05) is 32.0 Å². The molecule has 0 fully saturated rings. The van der Waals surface area contributed by atoms with Crippen molar-refractivity contribution in [3.8, 4) is 11.5 Å². The van der Waals surface area contributed by atoms with Gasteiger partial charge in [0.15, 0.2) is 0 Å². The van der Waals surface area contributed by atoms with E-state index in [2.05, 4.69) is 5.32 Å². The van der Waals surface area contributed by atoms with Gasteiger partial charge in [-0.15, -0.1) is 11.8 Å². The lowest BCUT2D eigenvalue weighted by atomic mass is 10.2. The number of hydrogen-bond donors (Lipinski definition) is 2. The first-order valence-corrected chi connectivity index (χ1v) is 7.79. The third kappa shape index (κ3) is 4.18. The van der Waals surface area contributed by atoms with Crippen molar-refractivity contribution >= 4 is 23.4 Å². The highest BCUT2D eigenvalue weighted by molar-refractivity contribution is 8.00. The number of carbonyl (C=O) groups excluding carboxylic acids is 1. The van der Waals surface area contributed by atoms with Crippen LogP contribution < -0.4 is 10.1 Å². The molecule has 0 saturated carbocycles. The topological polar surface area (TPSA) is 58.6 Å². The molecule has 1 atom stereocenters. The number of aryl methyl sites for hydroxylation is 1. The van der Waals surface area contributed by atoms with Gasteiger partial charge in [0.1, 0.15) is 11.5 Å². The Bertz CT molecular complexity index is 655. The summed E-state index contributed by atoms with van der Waals surface area (Å²) in [5.41, 5.74) is 1.72. The molecule has 2 rings (SSSR count). The van der Waals surface area contributed by atoms with Crippen LogP contribution in [0.2, 0.25) is 0 Å². The zero-order valence-electron chi connectivity index (χ0n) is 12.8. The van der Waals surface area contributed by atoms with Crippen LogP contribution in [0.3, 0.4) is 0 Å². The summed E-state index contributed by atoms with van der Waals surface area (Å²) in [4.78, 5) is 13.3. The van der Waals surface area contributed by atoms with E-state index in [1.54, 1.807) is 31.4 Å². The first-order chi connectivity index (χ1) is 10.5. The Balaban J connectivity index is 2.05. The zero-order valence-corrected chi connectivity index (χ0v) is 13.6. The van der Waals surface area contributed by atoms with Crippen molar-refractivity contribution in [3.05, 3.63) is 48.0 Å². The molecule has 1 amide bonds. The number of thioether (sulfide) groups is 1. The number of aromatic hydroxyl groups is 1. The van der Waals surface area contributed by atoms with Crippen LogP contribution >= 0.6 is 11.8 Å². The standard InChI is InChI=1S/C17H19NO3S/c1-11-4-9-16(21-3)15(10-11)18-17(20)12(2)22-14-7-5-13(19)6-8-14/h4-10,12,19H,1-3H3,(H,18,20). The molecule has 0 aliphatic carbocycles. The average molecular weight is 317 g/mol. The quantitative estimate of drug-likeness (QED) is 0.823. The Morgan fingerprint density at radius 1 is 1.23 bits per heavy atom. The number of carbonyl (C=O) groups is 1. The van der Waals surface area contributed by atoms with E-state index >= 15 is 0 Å². The Kier molecular flexibility index (Phi) is 5.33. The number of amides is 1. The Morgan fingerprint density at radius 2 is 1.91 bits per heavy atom. The van der Waals surface area contributed by atoms with Crippen LogP contribution in [0.4, 0.5) is 5.69 Å². The summed E-state index contributed by atoms with van der Waals surface area (Å²) < 4.78 is 5.26. The molecule has 2 aromatic carbocycles. The monoisotopic (exact) mass is 317 g/mol. The lowest BCUT2D eigenvalue weighted by Gasteiger charge is -2.14. The van der Waals surface area contributed by atoms with E-state index in [0.29, 0.717) is 11.4 Å². The number of hydrogen-bond acceptors (Lipinski definition) is 4. The maximum Gasteiger partial charge on any atom is 0.237 e. The van der Waals surface area contributed by atoms with Crippen LogP contribution in [0, 0.1) is 6.92 Å². The van der Waals surface area contributed by atoms with Crippen LogP contribution in [-0.4, -0.2) is 23.4 Å². The second-order valence-corrected chi connectivity index (χ2v) is 6.36. The van der Waals surface area contributed by atoms with Crippen molar-refractivity contribution in [2.75, 3.05) is 12.4 Å². The summed E-state index contributed by atoms with van der Waals surface area (Å²) in [7, 11) is 1.58. The fraction of sp³-hybridized carbons (Fsp3) is 0.235. The van der Waals surface area contributed by atoms with Crippen molar-refractivity contribution in [2.24, 2.45) is 0 Å². The van der Waals surface area contributed by atoms with E-state index in [0.717, 1.165) is 10.5 Å². The number of phenolic OH excluding ortho intramolecular Hbond substituents is 1. The molecule has 0 heterocycles. The largest absolute Gasteiger partial charge is 0.508 e. The molecule has 0 aliphatic rings. The summed E-state index contributed by atoms with van der Waals surface area (Å²) in [6.07, 6.45) is 0. The molecule has 0 spiro atoms. The molecule has 0 radical (unpaired) electrons. The van der Waals surface area contributed by atoms with Gasteiger partial charge in [-0.1, -0.05) is 6.07 Å². The summed E-state index contributed by atoms with van der Waals surface area (Å²) >= 11 is 1.43. The van der Waals surface area contributed by atoms with E-state index in [1.165, 1.54) is 11.8 Å². The number of phenols is 1. The highest BCUT2D eigenvalue weighted by Gasteiger charge is 2.16. The molecular weight excluding hydrogens is 298 g/mol. The lowest BCUT2D eigenvalue weighted by Crippen LogP contribution is -2.22. The summed E-state index contributed by atoms with van der Waals surface area (Å²) in [5, 5.41) is 11.9. The van der Waals surface area contributed by atoms with Gasteiger partial charge in [-0.05, 0) is 55.8 Å². The van der Waals surface area contributed by atoms with Crippen molar-refractivity contribution in [1.29, 1.82) is 0 Å².